The summed E-state index contributed by atoms with van der Waals surface area (Å²) in [6, 6.07) is 0.224. The molecule has 2 heterocycles. The van der Waals surface area contributed by atoms with E-state index in [1.165, 1.54) is 37.8 Å². The molecule has 1 saturated carbocycles. The maximum atomic E-state index is 13.6. The van der Waals surface area contributed by atoms with Crippen molar-refractivity contribution >= 4 is 34.5 Å². The molecule has 2 unspecified atom stereocenters. The molecule has 1 aliphatic carbocycles. The zero-order chi connectivity index (χ0) is 33.1. The molecule has 0 bridgehead atoms. The van der Waals surface area contributed by atoms with Crippen LogP contribution >= 0.6 is 11.8 Å². The Bertz CT molecular complexity index is 1370. The number of nitrogens with zero attached hydrogens (tertiary/aromatic N) is 2. The number of rotatable bonds is 8. The predicted molar refractivity (Wildman–Crippen MR) is 179 cm³/mol. The summed E-state index contributed by atoms with van der Waals surface area (Å²) in [6.45, 7) is 9.97. The highest BCUT2D eigenvalue weighted by atomic mass is 32.2. The number of hydrogen-bond donors (Lipinski definition) is 5. The largest absolute Gasteiger partial charge is 0.495 e. The van der Waals surface area contributed by atoms with E-state index >= 15 is 0 Å². The molecule has 44 heavy (non-hydrogen) atoms. The Morgan fingerprint density at radius 1 is 1.36 bits per heavy atom. The van der Waals surface area contributed by atoms with Crippen molar-refractivity contribution < 1.29 is 19.7 Å². The zero-order valence-corrected chi connectivity index (χ0v) is 26.9. The van der Waals surface area contributed by atoms with E-state index in [9.17, 15) is 13.6 Å². The number of carbonyl (C=O) groups is 1. The molecule has 1 amide bonds. The molecular formula is C32H45F2N7O2S. The van der Waals surface area contributed by atoms with Gasteiger partial charge in [-0.15, -0.1) is 0 Å². The number of thioether (sulfide) groups is 1. The third kappa shape index (κ3) is 12.2. The molecule has 1 aromatic rings. The lowest BCUT2D eigenvalue weighted by Crippen LogP contribution is -2.40. The summed E-state index contributed by atoms with van der Waals surface area (Å²) in [5.74, 6) is 11.5. The number of aliphatic imine (C=N–C) groups is 1. The van der Waals surface area contributed by atoms with Crippen LogP contribution in [0.4, 0.5) is 8.78 Å². The van der Waals surface area contributed by atoms with Crippen LogP contribution in [-0.4, -0.2) is 53.8 Å². The number of methoxy groups -OCH3 is 1. The fourth-order valence-electron chi connectivity index (χ4n) is 3.55. The van der Waals surface area contributed by atoms with Gasteiger partial charge in [-0.05, 0) is 55.5 Å². The highest BCUT2D eigenvalue weighted by Gasteiger charge is 2.27. The Labute approximate surface area is 265 Å². The molecular weight excluding hydrogens is 584 g/mol. The number of pyridine rings is 1. The van der Waals surface area contributed by atoms with Crippen molar-refractivity contribution in [3.05, 3.63) is 58.9 Å². The first-order valence-corrected chi connectivity index (χ1v) is 15.3. The van der Waals surface area contributed by atoms with Gasteiger partial charge in [0.15, 0.2) is 0 Å². The molecule has 12 heteroatoms. The van der Waals surface area contributed by atoms with E-state index < -0.39 is 23.9 Å². The molecule has 0 radical (unpaired) electrons. The van der Waals surface area contributed by atoms with Crippen molar-refractivity contribution in [1.82, 2.24) is 15.6 Å². The summed E-state index contributed by atoms with van der Waals surface area (Å²) in [5, 5.41) is 13.3. The Kier molecular flexibility index (Phi) is 17.8. The second-order valence-corrected chi connectivity index (χ2v) is 10.0. The minimum Gasteiger partial charge on any atom is -0.495 e. The van der Waals surface area contributed by atoms with Crippen LogP contribution in [0.25, 0.3) is 5.57 Å². The molecule has 0 spiro atoms. The van der Waals surface area contributed by atoms with E-state index in [2.05, 4.69) is 44.3 Å². The number of nitrogens with two attached hydrogens (primary N) is 2. The number of hydrogen-bond acceptors (Lipinski definition) is 9. The third-order valence-corrected chi connectivity index (χ3v) is 6.62. The van der Waals surface area contributed by atoms with Gasteiger partial charge in [0, 0.05) is 37.1 Å². The number of ether oxygens (including phenoxy) is 1. The fraction of sp³-hybridized carbons (Fsp3) is 0.438. The van der Waals surface area contributed by atoms with Crippen molar-refractivity contribution in [2.75, 3.05) is 13.7 Å². The van der Waals surface area contributed by atoms with Gasteiger partial charge in [0.25, 0.3) is 12.3 Å². The average Bonchev–Trinajstić information content (AvgIpc) is 3.01. The lowest BCUT2D eigenvalue weighted by Gasteiger charge is -2.24. The summed E-state index contributed by atoms with van der Waals surface area (Å²) >= 11 is 0.900. The van der Waals surface area contributed by atoms with Gasteiger partial charge in [-0.1, -0.05) is 57.7 Å². The first kappa shape index (κ1) is 37.9. The van der Waals surface area contributed by atoms with Crippen molar-refractivity contribution in [3.63, 3.8) is 0 Å². The van der Waals surface area contributed by atoms with E-state index in [1.807, 2.05) is 27.7 Å². The monoisotopic (exact) mass is 629 g/mol. The highest BCUT2D eigenvalue weighted by Crippen LogP contribution is 2.31. The predicted octanol–water partition coefficient (Wildman–Crippen LogP) is 5.26. The Hall–Kier alpha value is -4.13. The number of nitrogens with one attached hydrogen (secondary N) is 3. The first-order chi connectivity index (χ1) is 21.2. The molecule has 1 aromatic heterocycles. The first-order valence-electron chi connectivity index (χ1n) is 14.4. The van der Waals surface area contributed by atoms with Crippen LogP contribution in [0, 0.1) is 35.0 Å². The van der Waals surface area contributed by atoms with E-state index in [0.717, 1.165) is 36.6 Å². The van der Waals surface area contributed by atoms with Crippen LogP contribution in [0.5, 0.6) is 0 Å². The van der Waals surface area contributed by atoms with Gasteiger partial charge in [0.1, 0.15) is 34.6 Å². The lowest BCUT2D eigenvalue weighted by atomic mass is 9.86. The SMILES string of the molecule is CC.CC.COC1=CNC(C(F)F)C=C1c1cc(C#CCN=C/C(C)=C\N)ncc1C(=O)NC(N)SC(=N)C#CC1CCC1.[HH]. The molecule has 0 saturated heterocycles. The van der Waals surface area contributed by atoms with Gasteiger partial charge < -0.3 is 26.8 Å². The summed E-state index contributed by atoms with van der Waals surface area (Å²) < 4.78 is 32.5. The summed E-state index contributed by atoms with van der Waals surface area (Å²) in [7, 11) is 1.39. The molecule has 0 aromatic carbocycles. The van der Waals surface area contributed by atoms with Gasteiger partial charge >= 0.3 is 0 Å². The number of carbonyl (C=O) groups excluding carboxylic acids is 1. The van der Waals surface area contributed by atoms with E-state index in [4.69, 9.17) is 21.6 Å². The van der Waals surface area contributed by atoms with Crippen LogP contribution in [0.3, 0.4) is 0 Å². The Morgan fingerprint density at radius 2 is 2.07 bits per heavy atom. The second kappa shape index (κ2) is 20.7. The number of dihydropyridines is 1. The number of amides is 1. The molecule has 240 valence electrons. The Balaban J connectivity index is 0.00000372. The second-order valence-electron chi connectivity index (χ2n) is 8.86. The average molecular weight is 630 g/mol. The minimum atomic E-state index is -2.70. The van der Waals surface area contributed by atoms with Crippen LogP contribution in [0.1, 0.15) is 76.9 Å². The van der Waals surface area contributed by atoms with Crippen molar-refractivity contribution in [3.8, 4) is 23.7 Å². The summed E-state index contributed by atoms with van der Waals surface area (Å²) in [5.41, 5.74) is 12.2. The van der Waals surface area contributed by atoms with E-state index in [1.54, 1.807) is 13.1 Å². The van der Waals surface area contributed by atoms with Crippen LogP contribution in [0.2, 0.25) is 0 Å². The van der Waals surface area contributed by atoms with E-state index in [0.29, 0.717) is 11.6 Å². The van der Waals surface area contributed by atoms with Gasteiger partial charge in [0.05, 0.1) is 12.7 Å². The molecule has 2 aliphatic rings. The quantitative estimate of drug-likeness (QED) is 0.114. The topological polar surface area (TPSA) is 152 Å². The van der Waals surface area contributed by atoms with Gasteiger partial charge in [-0.25, -0.2) is 13.8 Å². The maximum Gasteiger partial charge on any atom is 0.261 e. The molecule has 7 N–H and O–H groups in total. The minimum absolute atomic E-state index is 0. The molecule has 3 rings (SSSR count). The fourth-order valence-corrected chi connectivity index (χ4v) is 4.08. The smallest absolute Gasteiger partial charge is 0.261 e. The number of halogens is 2. The lowest BCUT2D eigenvalue weighted by molar-refractivity contribution is 0.0950. The molecule has 9 nitrogen and oxygen atoms in total. The maximum absolute atomic E-state index is 13.6. The van der Waals surface area contributed by atoms with Gasteiger partial charge in [-0.2, -0.15) is 0 Å². The van der Waals surface area contributed by atoms with Crippen molar-refractivity contribution in [2.45, 2.75) is 71.8 Å². The normalized spacial score (nSPS) is 16.4. The number of alkyl halides is 2. The standard InChI is InChI=1S/C28H31F2N7O2S.2C2H6.H2/c1-17(13-31)14-34-10-4-7-19-11-20(21-12-23(26(29)30)36-16-24(21)39-2)22(15-35-19)27(38)37-28(33)40-25(32)9-8-18-5-3-6-18;2*1-2;/h11-16,18,23,26,28,32,36H,3,5-6,10,31,33H2,1-2H3,(H,37,38);2*1-2H3;1H/b17-13-,32-25?,34-14?;;;. The summed E-state index contributed by atoms with van der Waals surface area (Å²) in [6.07, 6.45) is 7.41. The molecule has 1 aliphatic heterocycles. The van der Waals surface area contributed by atoms with Crippen molar-refractivity contribution in [2.24, 2.45) is 22.4 Å². The van der Waals surface area contributed by atoms with E-state index in [-0.39, 0.29) is 35.5 Å². The number of aromatic nitrogens is 1. The Morgan fingerprint density at radius 3 is 2.66 bits per heavy atom. The van der Waals surface area contributed by atoms with Crippen LogP contribution in [0.15, 0.2) is 47.1 Å². The van der Waals surface area contributed by atoms with Gasteiger partial charge in [0.2, 0.25) is 0 Å². The summed E-state index contributed by atoms with van der Waals surface area (Å²) in [4.78, 5) is 21.7. The number of allylic oxidation sites excluding steroid dienone is 2. The zero-order valence-electron chi connectivity index (χ0n) is 26.1. The molecule has 1 fully saturated rings. The van der Waals surface area contributed by atoms with Crippen molar-refractivity contribution in [1.29, 1.82) is 5.41 Å². The third-order valence-electron chi connectivity index (χ3n) is 5.91. The van der Waals surface area contributed by atoms with Crippen LogP contribution < -0.4 is 22.1 Å². The molecule has 2 atom stereocenters. The van der Waals surface area contributed by atoms with Crippen LogP contribution in [-0.2, 0) is 4.74 Å². The van der Waals surface area contributed by atoms with Gasteiger partial charge in [-0.3, -0.25) is 15.2 Å². The highest BCUT2D eigenvalue weighted by molar-refractivity contribution is 8.14.